The molecule has 1 atom stereocenters. The van der Waals surface area contributed by atoms with Gasteiger partial charge in [-0.3, -0.25) is 4.79 Å². The molecule has 0 radical (unpaired) electrons. The second-order valence-corrected chi connectivity index (χ2v) is 4.39. The second kappa shape index (κ2) is 4.73. The molecule has 17 heavy (non-hydrogen) atoms. The summed E-state index contributed by atoms with van der Waals surface area (Å²) >= 11 is 0. The summed E-state index contributed by atoms with van der Waals surface area (Å²) in [6.45, 7) is 3.23. The van der Waals surface area contributed by atoms with E-state index in [-0.39, 0.29) is 17.7 Å². The molecule has 1 unspecified atom stereocenters. The van der Waals surface area contributed by atoms with Crippen molar-refractivity contribution in [3.8, 4) is 0 Å². The van der Waals surface area contributed by atoms with Crippen molar-refractivity contribution < 1.29 is 13.9 Å². The number of hydrogen-bond donors (Lipinski definition) is 0. The molecule has 3 nitrogen and oxygen atoms in total. The summed E-state index contributed by atoms with van der Waals surface area (Å²) in [5, 5.41) is 0. The highest BCUT2D eigenvalue weighted by atomic mass is 19.1. The number of anilines is 1. The first-order valence-corrected chi connectivity index (χ1v) is 5.73. The van der Waals surface area contributed by atoms with E-state index in [4.69, 9.17) is 4.74 Å². The van der Waals surface area contributed by atoms with Gasteiger partial charge in [-0.05, 0) is 24.1 Å². The third-order valence-corrected chi connectivity index (χ3v) is 3.14. The lowest BCUT2D eigenvalue weighted by Crippen LogP contribution is -2.31. The molecule has 1 heterocycles. The number of rotatable bonds is 3. The van der Waals surface area contributed by atoms with Gasteiger partial charge in [-0.1, -0.05) is 13.0 Å². The van der Waals surface area contributed by atoms with Crippen LogP contribution in [0, 0.1) is 11.7 Å². The number of nitrogens with zero attached hydrogens (tertiary/aromatic N) is 1. The lowest BCUT2D eigenvalue weighted by atomic mass is 10.1. The predicted molar refractivity (Wildman–Crippen MR) is 63.5 cm³/mol. The van der Waals surface area contributed by atoms with E-state index in [9.17, 15) is 9.18 Å². The van der Waals surface area contributed by atoms with Gasteiger partial charge in [0.25, 0.3) is 0 Å². The number of esters is 1. The van der Waals surface area contributed by atoms with Crippen LogP contribution in [0.4, 0.5) is 10.1 Å². The number of ether oxygens (including phenoxy) is 1. The van der Waals surface area contributed by atoms with Crippen molar-refractivity contribution in [3.63, 3.8) is 0 Å². The van der Waals surface area contributed by atoms with Gasteiger partial charge in [0.05, 0.1) is 13.0 Å². The van der Waals surface area contributed by atoms with Crippen molar-refractivity contribution in [1.29, 1.82) is 0 Å². The molecule has 0 aliphatic carbocycles. The highest BCUT2D eigenvalue weighted by molar-refractivity contribution is 5.73. The maximum Gasteiger partial charge on any atom is 0.310 e. The van der Waals surface area contributed by atoms with Crippen molar-refractivity contribution in [1.82, 2.24) is 0 Å². The topological polar surface area (TPSA) is 29.5 Å². The Balaban J connectivity index is 2.11. The monoisotopic (exact) mass is 237 g/mol. The van der Waals surface area contributed by atoms with E-state index in [0.29, 0.717) is 6.54 Å². The molecule has 0 aromatic heterocycles. The van der Waals surface area contributed by atoms with E-state index in [1.807, 2.05) is 17.9 Å². The zero-order chi connectivity index (χ0) is 12.4. The highest BCUT2D eigenvalue weighted by Gasteiger charge is 2.24. The van der Waals surface area contributed by atoms with Crippen LogP contribution in [0.5, 0.6) is 0 Å². The fourth-order valence-corrected chi connectivity index (χ4v) is 2.21. The molecule has 1 aliphatic heterocycles. The van der Waals surface area contributed by atoms with Crippen LogP contribution in [0.2, 0.25) is 0 Å². The van der Waals surface area contributed by atoms with E-state index in [1.165, 1.54) is 19.2 Å². The van der Waals surface area contributed by atoms with E-state index in [1.54, 1.807) is 0 Å². The van der Waals surface area contributed by atoms with Crippen molar-refractivity contribution in [3.05, 3.63) is 29.6 Å². The van der Waals surface area contributed by atoms with Gasteiger partial charge in [0.15, 0.2) is 0 Å². The van der Waals surface area contributed by atoms with Crippen LogP contribution in [-0.2, 0) is 16.0 Å². The van der Waals surface area contributed by atoms with Gasteiger partial charge < -0.3 is 9.64 Å². The second-order valence-electron chi connectivity index (χ2n) is 4.39. The van der Waals surface area contributed by atoms with Crippen molar-refractivity contribution >= 4 is 11.7 Å². The third kappa shape index (κ3) is 2.40. The van der Waals surface area contributed by atoms with Gasteiger partial charge >= 0.3 is 5.97 Å². The zero-order valence-electron chi connectivity index (χ0n) is 10.1. The first-order chi connectivity index (χ1) is 8.11. The number of carbonyl (C=O) groups is 1. The number of fused-ring (bicyclic) bond motifs is 1. The Kier molecular flexibility index (Phi) is 3.31. The normalized spacial score (nSPS) is 15.6. The molecule has 0 N–H and O–H groups in total. The smallest absolute Gasteiger partial charge is 0.310 e. The summed E-state index contributed by atoms with van der Waals surface area (Å²) in [6, 6.07) is 4.83. The maximum absolute atomic E-state index is 13.2. The van der Waals surface area contributed by atoms with Crippen LogP contribution in [0.15, 0.2) is 18.2 Å². The molecule has 0 fully saturated rings. The Hall–Kier alpha value is -1.58. The molecular formula is C13H16FNO2. The molecule has 0 amide bonds. The summed E-state index contributed by atoms with van der Waals surface area (Å²) in [5.41, 5.74) is 2.05. The number of halogens is 1. The van der Waals surface area contributed by atoms with Gasteiger partial charge in [0, 0.05) is 18.8 Å². The Morgan fingerprint density at radius 1 is 1.59 bits per heavy atom. The molecule has 0 saturated heterocycles. The van der Waals surface area contributed by atoms with E-state index in [0.717, 1.165) is 24.2 Å². The highest BCUT2D eigenvalue weighted by Crippen LogP contribution is 2.29. The van der Waals surface area contributed by atoms with E-state index in [2.05, 4.69) is 0 Å². The fourth-order valence-electron chi connectivity index (χ4n) is 2.21. The van der Waals surface area contributed by atoms with Crippen LogP contribution < -0.4 is 4.90 Å². The Labute approximate surface area is 100 Å². The molecule has 1 aliphatic rings. The van der Waals surface area contributed by atoms with Gasteiger partial charge in [0.2, 0.25) is 0 Å². The van der Waals surface area contributed by atoms with Crippen LogP contribution >= 0.6 is 0 Å². The molecule has 0 saturated carbocycles. The van der Waals surface area contributed by atoms with Crippen LogP contribution in [0.25, 0.3) is 0 Å². The van der Waals surface area contributed by atoms with Crippen LogP contribution in [0.1, 0.15) is 12.5 Å². The SMILES string of the molecule is COC(=O)C(C)CN1CCc2ccc(F)cc21. The minimum Gasteiger partial charge on any atom is -0.469 e. The number of carbonyl (C=O) groups excluding carboxylic acids is 1. The Morgan fingerprint density at radius 3 is 3.06 bits per heavy atom. The maximum atomic E-state index is 13.2. The first kappa shape index (κ1) is 11.9. The predicted octanol–water partition coefficient (Wildman–Crippen LogP) is 2.00. The van der Waals surface area contributed by atoms with E-state index < -0.39 is 0 Å². The molecule has 92 valence electrons. The van der Waals surface area contributed by atoms with Gasteiger partial charge in [-0.2, -0.15) is 0 Å². The van der Waals surface area contributed by atoms with Crippen molar-refractivity contribution in [2.45, 2.75) is 13.3 Å². The lowest BCUT2D eigenvalue weighted by Gasteiger charge is -2.22. The third-order valence-electron chi connectivity index (χ3n) is 3.14. The summed E-state index contributed by atoms with van der Waals surface area (Å²) in [4.78, 5) is 13.4. The van der Waals surface area contributed by atoms with Gasteiger partial charge in [-0.15, -0.1) is 0 Å². The van der Waals surface area contributed by atoms with E-state index >= 15 is 0 Å². The van der Waals surface area contributed by atoms with Crippen LogP contribution in [-0.4, -0.2) is 26.2 Å². The van der Waals surface area contributed by atoms with Crippen molar-refractivity contribution in [2.24, 2.45) is 5.92 Å². The fraction of sp³-hybridized carbons (Fsp3) is 0.462. The average molecular weight is 237 g/mol. The molecule has 0 bridgehead atoms. The zero-order valence-corrected chi connectivity index (χ0v) is 10.1. The van der Waals surface area contributed by atoms with Crippen molar-refractivity contribution in [2.75, 3.05) is 25.1 Å². The molecule has 2 rings (SSSR count). The minimum absolute atomic E-state index is 0.200. The molecule has 1 aromatic carbocycles. The Bertz CT molecular complexity index is 433. The van der Waals surface area contributed by atoms with Gasteiger partial charge in [-0.25, -0.2) is 4.39 Å². The van der Waals surface area contributed by atoms with Gasteiger partial charge in [0.1, 0.15) is 5.82 Å². The summed E-state index contributed by atoms with van der Waals surface area (Å²) in [6.07, 6.45) is 0.906. The average Bonchev–Trinajstić information content (AvgIpc) is 2.71. The molecular weight excluding hydrogens is 221 g/mol. The molecule has 1 aromatic rings. The molecule has 0 spiro atoms. The summed E-state index contributed by atoms with van der Waals surface area (Å²) in [5.74, 6) is -0.662. The Morgan fingerprint density at radius 2 is 2.35 bits per heavy atom. The quantitative estimate of drug-likeness (QED) is 0.753. The minimum atomic E-state index is -0.235. The number of benzene rings is 1. The molecule has 4 heteroatoms. The lowest BCUT2D eigenvalue weighted by molar-refractivity contribution is -0.144. The number of hydrogen-bond acceptors (Lipinski definition) is 3. The van der Waals surface area contributed by atoms with Crippen LogP contribution in [0.3, 0.4) is 0 Å². The first-order valence-electron chi connectivity index (χ1n) is 5.73. The summed E-state index contributed by atoms with van der Waals surface area (Å²) in [7, 11) is 1.39. The summed E-state index contributed by atoms with van der Waals surface area (Å²) < 4.78 is 17.9. The standard InChI is InChI=1S/C13H16FNO2/c1-9(13(16)17-2)8-15-6-5-10-3-4-11(14)7-12(10)15/h3-4,7,9H,5-6,8H2,1-2H3. The largest absolute Gasteiger partial charge is 0.469 e. The number of methoxy groups -OCH3 is 1.